The number of nitro groups is 1. The fourth-order valence-electron chi connectivity index (χ4n) is 4.14. The van der Waals surface area contributed by atoms with Crippen LogP contribution < -0.4 is 0 Å². The monoisotopic (exact) mass is 509 g/mol. The molecule has 202 valence electrons. The summed E-state index contributed by atoms with van der Waals surface area (Å²) in [6, 6.07) is 12.5. The number of hydrogen-bond acceptors (Lipinski definition) is 6. The number of benzene rings is 2. The van der Waals surface area contributed by atoms with Crippen molar-refractivity contribution in [3.05, 3.63) is 64.2 Å². The third-order valence-electron chi connectivity index (χ3n) is 6.43. The van der Waals surface area contributed by atoms with Crippen LogP contribution in [0.25, 0.3) is 0 Å². The highest BCUT2D eigenvalue weighted by molar-refractivity contribution is 5.89. The Balaban J connectivity index is 1.48. The summed E-state index contributed by atoms with van der Waals surface area (Å²) in [6.45, 7) is 2.71. The topological polar surface area (TPSA) is 94.2 Å². The zero-order valence-corrected chi connectivity index (χ0v) is 22.4. The van der Waals surface area contributed by atoms with Crippen molar-refractivity contribution in [3.8, 4) is 0 Å². The maximum absolute atomic E-state index is 12.2. The van der Waals surface area contributed by atoms with Crippen molar-refractivity contribution in [1.29, 1.82) is 0 Å². The molecule has 2 rings (SSSR count). The Kier molecular flexibility index (Phi) is 15.5. The van der Waals surface area contributed by atoms with Crippen LogP contribution in [0.15, 0.2) is 58.8 Å². The molecule has 0 heterocycles. The standard InChI is InChI=1S/C30H43N3O4/c1-2-3-4-5-6-7-8-9-10-11-12-13-14-15-16-25-37-30(34)26-17-19-27(20-18-26)31-32-28-21-23-29(24-22-28)33(35)36/h17-24H,2-16,25H2,1H3. The number of carbonyl (C=O) groups excluding carboxylic acids is 1. The summed E-state index contributed by atoms with van der Waals surface area (Å²) in [5.41, 5.74) is 1.58. The van der Waals surface area contributed by atoms with Gasteiger partial charge in [-0.05, 0) is 42.8 Å². The number of nitro benzene ring substituents is 1. The molecule has 2 aromatic rings. The molecule has 0 saturated heterocycles. The molecule has 2 aromatic carbocycles. The Morgan fingerprint density at radius 2 is 1.08 bits per heavy atom. The van der Waals surface area contributed by atoms with Gasteiger partial charge in [0.2, 0.25) is 0 Å². The molecule has 0 radical (unpaired) electrons. The van der Waals surface area contributed by atoms with Gasteiger partial charge in [-0.1, -0.05) is 96.8 Å². The van der Waals surface area contributed by atoms with Crippen LogP contribution in [0.3, 0.4) is 0 Å². The van der Waals surface area contributed by atoms with Crippen LogP contribution in [0, 0.1) is 10.1 Å². The van der Waals surface area contributed by atoms with Gasteiger partial charge in [-0.3, -0.25) is 10.1 Å². The zero-order chi connectivity index (χ0) is 26.6. The molecule has 0 aliphatic heterocycles. The minimum Gasteiger partial charge on any atom is -0.462 e. The molecule has 0 unspecified atom stereocenters. The van der Waals surface area contributed by atoms with Crippen molar-refractivity contribution in [1.82, 2.24) is 0 Å². The second-order valence-corrected chi connectivity index (χ2v) is 9.61. The molecule has 0 saturated carbocycles. The molecule has 0 aromatic heterocycles. The van der Waals surface area contributed by atoms with E-state index >= 15 is 0 Å². The third kappa shape index (κ3) is 13.7. The normalized spacial score (nSPS) is 11.2. The maximum Gasteiger partial charge on any atom is 0.338 e. The molecule has 0 fully saturated rings. The first-order chi connectivity index (χ1) is 18.1. The van der Waals surface area contributed by atoms with Crippen molar-refractivity contribution in [3.63, 3.8) is 0 Å². The van der Waals surface area contributed by atoms with E-state index in [0.717, 1.165) is 12.8 Å². The van der Waals surface area contributed by atoms with Gasteiger partial charge in [-0.25, -0.2) is 4.79 Å². The molecule has 0 spiro atoms. The Morgan fingerprint density at radius 1 is 0.676 bits per heavy atom. The second kappa shape index (κ2) is 19.1. The highest BCUT2D eigenvalue weighted by Crippen LogP contribution is 2.22. The van der Waals surface area contributed by atoms with Crippen LogP contribution in [0.1, 0.15) is 114 Å². The summed E-state index contributed by atoms with van der Waals surface area (Å²) in [5, 5.41) is 18.9. The van der Waals surface area contributed by atoms with Crippen molar-refractivity contribution in [2.45, 2.75) is 103 Å². The average molecular weight is 510 g/mol. The number of esters is 1. The van der Waals surface area contributed by atoms with Crippen molar-refractivity contribution >= 4 is 23.0 Å². The van der Waals surface area contributed by atoms with Gasteiger partial charge in [0.15, 0.2) is 0 Å². The molecule has 37 heavy (non-hydrogen) atoms. The zero-order valence-electron chi connectivity index (χ0n) is 22.4. The smallest absolute Gasteiger partial charge is 0.338 e. The first kappa shape index (κ1) is 30.1. The van der Waals surface area contributed by atoms with E-state index in [2.05, 4.69) is 17.2 Å². The third-order valence-corrected chi connectivity index (χ3v) is 6.43. The number of ether oxygens (including phenoxy) is 1. The van der Waals surface area contributed by atoms with Crippen molar-refractivity contribution in [2.75, 3.05) is 6.61 Å². The summed E-state index contributed by atoms with van der Waals surface area (Å²) >= 11 is 0. The average Bonchev–Trinajstić information content (AvgIpc) is 2.92. The largest absolute Gasteiger partial charge is 0.462 e. The highest BCUT2D eigenvalue weighted by Gasteiger charge is 2.07. The predicted octanol–water partition coefficient (Wildman–Crippen LogP) is 10.0. The molecule has 0 amide bonds. The van der Waals surface area contributed by atoms with Crippen molar-refractivity contribution in [2.24, 2.45) is 10.2 Å². The summed E-state index contributed by atoms with van der Waals surface area (Å²) in [7, 11) is 0. The summed E-state index contributed by atoms with van der Waals surface area (Å²) in [5.74, 6) is -0.329. The van der Waals surface area contributed by atoms with E-state index in [1.165, 1.54) is 108 Å². The van der Waals surface area contributed by atoms with Gasteiger partial charge in [0.1, 0.15) is 0 Å². The van der Waals surface area contributed by atoms with Crippen LogP contribution >= 0.6 is 0 Å². The molecule has 0 atom stereocenters. The Hall–Kier alpha value is -3.09. The minimum absolute atomic E-state index is 0.00570. The van der Waals surface area contributed by atoms with Gasteiger partial charge in [0, 0.05) is 12.1 Å². The van der Waals surface area contributed by atoms with Crippen LogP contribution in [-0.2, 0) is 4.74 Å². The second-order valence-electron chi connectivity index (χ2n) is 9.61. The number of hydrogen-bond donors (Lipinski definition) is 0. The van der Waals surface area contributed by atoms with Gasteiger partial charge in [0.05, 0.1) is 28.5 Å². The molecule has 7 nitrogen and oxygen atoms in total. The Bertz CT molecular complexity index is 927. The summed E-state index contributed by atoms with van der Waals surface area (Å²) < 4.78 is 5.39. The van der Waals surface area contributed by atoms with Gasteiger partial charge < -0.3 is 4.74 Å². The molecule has 0 bridgehead atoms. The van der Waals surface area contributed by atoms with E-state index in [1.807, 2.05) is 0 Å². The van der Waals surface area contributed by atoms with E-state index in [9.17, 15) is 14.9 Å². The fraction of sp³-hybridized carbons (Fsp3) is 0.567. The first-order valence-corrected chi connectivity index (χ1v) is 14.0. The van der Waals surface area contributed by atoms with Crippen LogP contribution in [0.5, 0.6) is 0 Å². The first-order valence-electron chi connectivity index (χ1n) is 14.0. The van der Waals surface area contributed by atoms with E-state index in [1.54, 1.807) is 24.3 Å². The number of non-ortho nitro benzene ring substituents is 1. The lowest BCUT2D eigenvalue weighted by Gasteiger charge is -2.05. The van der Waals surface area contributed by atoms with E-state index in [0.29, 0.717) is 23.5 Å². The lowest BCUT2D eigenvalue weighted by atomic mass is 10.0. The molecule has 0 aliphatic rings. The minimum atomic E-state index is -0.460. The number of azo groups is 1. The fourth-order valence-corrected chi connectivity index (χ4v) is 4.14. The van der Waals surface area contributed by atoms with Crippen LogP contribution in [0.4, 0.5) is 17.1 Å². The molecule has 0 N–H and O–H groups in total. The number of nitrogens with zero attached hydrogens (tertiary/aromatic N) is 3. The van der Waals surface area contributed by atoms with Gasteiger partial charge >= 0.3 is 5.97 Å². The van der Waals surface area contributed by atoms with Crippen LogP contribution in [-0.4, -0.2) is 17.5 Å². The highest BCUT2D eigenvalue weighted by atomic mass is 16.6. The van der Waals surface area contributed by atoms with Gasteiger partial charge in [0.25, 0.3) is 5.69 Å². The quantitative estimate of drug-likeness (QED) is 0.0583. The molecule has 0 aliphatic carbocycles. The molecular weight excluding hydrogens is 466 g/mol. The Morgan fingerprint density at radius 3 is 1.51 bits per heavy atom. The molecular formula is C30H43N3O4. The molecule has 7 heteroatoms. The van der Waals surface area contributed by atoms with Gasteiger partial charge in [-0.2, -0.15) is 10.2 Å². The lowest BCUT2D eigenvalue weighted by Crippen LogP contribution is -2.06. The summed E-state index contributed by atoms with van der Waals surface area (Å²) in [6.07, 6.45) is 19.6. The Labute approximate surface area is 221 Å². The van der Waals surface area contributed by atoms with Crippen molar-refractivity contribution < 1.29 is 14.5 Å². The van der Waals surface area contributed by atoms with E-state index in [4.69, 9.17) is 4.74 Å². The number of carbonyl (C=O) groups is 1. The predicted molar refractivity (Wildman–Crippen MR) is 149 cm³/mol. The maximum atomic E-state index is 12.2. The van der Waals surface area contributed by atoms with Crippen LogP contribution in [0.2, 0.25) is 0 Å². The number of rotatable bonds is 20. The van der Waals surface area contributed by atoms with E-state index in [-0.39, 0.29) is 11.7 Å². The van der Waals surface area contributed by atoms with E-state index < -0.39 is 4.92 Å². The lowest BCUT2D eigenvalue weighted by molar-refractivity contribution is -0.384. The SMILES string of the molecule is CCCCCCCCCCCCCCCCCOC(=O)c1ccc(N=Nc2ccc([N+](=O)[O-])cc2)cc1. The summed E-state index contributed by atoms with van der Waals surface area (Å²) in [4.78, 5) is 22.5. The van der Waals surface area contributed by atoms with Gasteiger partial charge in [-0.15, -0.1) is 0 Å². The number of unbranched alkanes of at least 4 members (excludes halogenated alkanes) is 14.